The van der Waals surface area contributed by atoms with Crippen LogP contribution in [0.25, 0.3) is 0 Å². The number of amides is 2. The van der Waals surface area contributed by atoms with Crippen molar-refractivity contribution in [3.63, 3.8) is 0 Å². The second-order valence-corrected chi connectivity index (χ2v) is 5.98. The number of fused-ring (bicyclic) bond motifs is 1. The average molecular weight is 329 g/mol. The molecule has 0 aromatic carbocycles. The van der Waals surface area contributed by atoms with Gasteiger partial charge in [-0.05, 0) is 18.4 Å². The first-order valence-corrected chi connectivity index (χ1v) is 7.30. The molecule has 0 aliphatic carbocycles. The van der Waals surface area contributed by atoms with E-state index in [-0.39, 0.29) is 24.6 Å². The fourth-order valence-electron chi connectivity index (χ4n) is 2.53. The van der Waals surface area contributed by atoms with Crippen LogP contribution in [0.3, 0.4) is 0 Å². The van der Waals surface area contributed by atoms with Gasteiger partial charge in [-0.25, -0.2) is 4.98 Å². The van der Waals surface area contributed by atoms with Crippen molar-refractivity contribution < 1.29 is 22.8 Å². The van der Waals surface area contributed by atoms with Crippen LogP contribution in [0, 0.1) is 5.92 Å². The predicted molar refractivity (Wildman–Crippen MR) is 77.7 cm³/mol. The van der Waals surface area contributed by atoms with E-state index >= 15 is 0 Å². The highest BCUT2D eigenvalue weighted by atomic mass is 19.4. The molecule has 0 saturated carbocycles. The molecular formula is C15H18F3N3O2. The summed E-state index contributed by atoms with van der Waals surface area (Å²) in [6.07, 6.45) is -3.50. The van der Waals surface area contributed by atoms with Crippen LogP contribution in [0.5, 0.6) is 0 Å². The number of nitrogens with zero attached hydrogens (tertiary/aromatic N) is 1. The molecule has 2 rings (SSSR count). The predicted octanol–water partition coefficient (Wildman–Crippen LogP) is 2.60. The molecule has 1 unspecified atom stereocenters. The van der Waals surface area contributed by atoms with Gasteiger partial charge >= 0.3 is 6.18 Å². The molecule has 126 valence electrons. The average Bonchev–Trinajstić information content (AvgIpc) is 2.44. The molecule has 0 fully saturated rings. The lowest BCUT2D eigenvalue weighted by Gasteiger charge is -2.28. The molecular weight excluding hydrogens is 311 g/mol. The van der Waals surface area contributed by atoms with Crippen LogP contribution >= 0.6 is 0 Å². The van der Waals surface area contributed by atoms with Crippen molar-refractivity contribution in [2.45, 2.75) is 44.8 Å². The normalized spacial score (nSPS) is 19.0. The van der Waals surface area contributed by atoms with Gasteiger partial charge in [-0.15, -0.1) is 0 Å². The Bertz CT molecular complexity index is 602. The summed E-state index contributed by atoms with van der Waals surface area (Å²) in [7, 11) is 0. The van der Waals surface area contributed by atoms with Crippen molar-refractivity contribution in [1.29, 1.82) is 0 Å². The lowest BCUT2D eigenvalue weighted by Crippen LogP contribution is -2.48. The fourth-order valence-corrected chi connectivity index (χ4v) is 2.53. The second kappa shape index (κ2) is 6.55. The maximum absolute atomic E-state index is 13.1. The van der Waals surface area contributed by atoms with E-state index in [1.807, 2.05) is 5.32 Å². The molecule has 0 spiro atoms. The number of hydrogen-bond donors (Lipinski definition) is 2. The number of hydrogen-bond acceptors (Lipinski definition) is 3. The molecule has 0 saturated heterocycles. The van der Waals surface area contributed by atoms with Crippen molar-refractivity contribution in [2.24, 2.45) is 5.92 Å². The van der Waals surface area contributed by atoms with Gasteiger partial charge in [-0.2, -0.15) is 13.2 Å². The molecule has 2 heterocycles. The van der Waals surface area contributed by atoms with E-state index in [0.717, 1.165) is 0 Å². The minimum Gasteiger partial charge on any atom is -0.344 e. The van der Waals surface area contributed by atoms with Crippen molar-refractivity contribution in [3.05, 3.63) is 23.9 Å². The van der Waals surface area contributed by atoms with Crippen LogP contribution in [0.2, 0.25) is 0 Å². The molecule has 2 N–H and O–H groups in total. The van der Waals surface area contributed by atoms with Gasteiger partial charge in [0.1, 0.15) is 11.9 Å². The van der Waals surface area contributed by atoms with E-state index in [9.17, 15) is 22.8 Å². The van der Waals surface area contributed by atoms with E-state index in [0.29, 0.717) is 5.56 Å². The molecule has 1 aliphatic heterocycles. The number of halogens is 3. The van der Waals surface area contributed by atoms with Gasteiger partial charge in [0, 0.05) is 18.2 Å². The monoisotopic (exact) mass is 329 g/mol. The van der Waals surface area contributed by atoms with Crippen molar-refractivity contribution in [3.8, 4) is 0 Å². The largest absolute Gasteiger partial charge is 0.408 e. The summed E-state index contributed by atoms with van der Waals surface area (Å²) in [6, 6.07) is 1.23. The Kier molecular flexibility index (Phi) is 4.91. The highest BCUT2D eigenvalue weighted by Gasteiger charge is 2.42. The van der Waals surface area contributed by atoms with Crippen LogP contribution in [-0.4, -0.2) is 29.0 Å². The highest BCUT2D eigenvalue weighted by molar-refractivity contribution is 6.00. The second-order valence-electron chi connectivity index (χ2n) is 5.98. The Morgan fingerprint density at radius 3 is 2.78 bits per heavy atom. The third-order valence-electron chi connectivity index (χ3n) is 3.60. The first kappa shape index (κ1) is 17.2. The standard InChI is InChI=1S/C15H18F3N3O2/c1-8(2)6-11(15(16,17)18)20-14(23)10-7-12(22)21-13-9(10)4-3-5-19-13/h3-5,8,10-11H,6-7H2,1-2H3,(H,20,23)(H,19,21,22)/t10?,11-/m0/s1. The fraction of sp³-hybridized carbons (Fsp3) is 0.533. The number of carbonyl (C=O) groups is 2. The molecule has 5 nitrogen and oxygen atoms in total. The summed E-state index contributed by atoms with van der Waals surface area (Å²) in [6.45, 7) is 3.30. The van der Waals surface area contributed by atoms with Gasteiger partial charge in [0.25, 0.3) is 0 Å². The van der Waals surface area contributed by atoms with Crippen LogP contribution in [0.4, 0.5) is 19.0 Å². The third kappa shape index (κ3) is 4.20. The van der Waals surface area contributed by atoms with E-state index in [1.165, 1.54) is 6.20 Å². The zero-order valence-electron chi connectivity index (χ0n) is 12.8. The lowest BCUT2D eigenvalue weighted by atomic mass is 9.91. The number of pyridine rings is 1. The molecule has 23 heavy (non-hydrogen) atoms. The van der Waals surface area contributed by atoms with Crippen LogP contribution in [0.1, 0.15) is 38.2 Å². The van der Waals surface area contributed by atoms with Crippen molar-refractivity contribution in [2.75, 3.05) is 5.32 Å². The summed E-state index contributed by atoms with van der Waals surface area (Å²) in [5.41, 5.74) is 0.426. The molecule has 0 bridgehead atoms. The smallest absolute Gasteiger partial charge is 0.344 e. The topological polar surface area (TPSA) is 71.1 Å². The summed E-state index contributed by atoms with van der Waals surface area (Å²) in [5.74, 6) is -2.23. The lowest BCUT2D eigenvalue weighted by molar-refractivity contribution is -0.165. The number of aromatic nitrogens is 1. The first-order chi connectivity index (χ1) is 10.7. The van der Waals surface area contributed by atoms with Gasteiger partial charge in [0.2, 0.25) is 11.8 Å². The number of nitrogens with one attached hydrogen (secondary N) is 2. The minimum atomic E-state index is -4.53. The van der Waals surface area contributed by atoms with E-state index < -0.39 is 30.0 Å². The molecule has 2 amide bonds. The molecule has 1 aliphatic rings. The Balaban J connectivity index is 2.21. The third-order valence-corrected chi connectivity index (χ3v) is 3.60. The van der Waals surface area contributed by atoms with Crippen LogP contribution < -0.4 is 10.6 Å². The highest BCUT2D eigenvalue weighted by Crippen LogP contribution is 2.32. The van der Waals surface area contributed by atoms with Crippen LogP contribution in [0.15, 0.2) is 18.3 Å². The molecule has 0 radical (unpaired) electrons. The van der Waals surface area contributed by atoms with E-state index in [2.05, 4.69) is 10.3 Å². The first-order valence-electron chi connectivity index (χ1n) is 7.30. The quantitative estimate of drug-likeness (QED) is 0.892. The summed E-state index contributed by atoms with van der Waals surface area (Å²) in [5, 5.41) is 4.56. The number of alkyl halides is 3. The summed E-state index contributed by atoms with van der Waals surface area (Å²) >= 11 is 0. The minimum absolute atomic E-state index is 0.198. The van der Waals surface area contributed by atoms with E-state index in [1.54, 1.807) is 26.0 Å². The van der Waals surface area contributed by atoms with Gasteiger partial charge in [0.15, 0.2) is 0 Å². The molecule has 1 aromatic rings. The van der Waals surface area contributed by atoms with Gasteiger partial charge in [0.05, 0.1) is 5.92 Å². The Hall–Kier alpha value is -2.12. The number of carbonyl (C=O) groups excluding carboxylic acids is 2. The zero-order valence-corrected chi connectivity index (χ0v) is 12.8. The maximum Gasteiger partial charge on any atom is 0.408 e. The van der Waals surface area contributed by atoms with Gasteiger partial charge in [-0.1, -0.05) is 19.9 Å². The molecule has 8 heteroatoms. The van der Waals surface area contributed by atoms with Crippen molar-refractivity contribution in [1.82, 2.24) is 10.3 Å². The summed E-state index contributed by atoms with van der Waals surface area (Å²) < 4.78 is 39.2. The van der Waals surface area contributed by atoms with E-state index in [4.69, 9.17) is 0 Å². The van der Waals surface area contributed by atoms with Crippen LogP contribution in [-0.2, 0) is 9.59 Å². The maximum atomic E-state index is 13.1. The molecule has 1 aromatic heterocycles. The Morgan fingerprint density at radius 1 is 1.48 bits per heavy atom. The SMILES string of the molecule is CC(C)C[C@H](NC(=O)C1CC(=O)Nc2ncccc21)C(F)(F)F. The number of anilines is 1. The van der Waals surface area contributed by atoms with Gasteiger partial charge in [-0.3, -0.25) is 9.59 Å². The number of rotatable bonds is 4. The van der Waals surface area contributed by atoms with Crippen molar-refractivity contribution >= 4 is 17.6 Å². The Morgan fingerprint density at radius 2 is 2.17 bits per heavy atom. The molecule has 2 atom stereocenters. The Labute approximate surface area is 131 Å². The zero-order chi connectivity index (χ0) is 17.2. The summed E-state index contributed by atoms with van der Waals surface area (Å²) in [4.78, 5) is 27.9. The van der Waals surface area contributed by atoms with Gasteiger partial charge < -0.3 is 10.6 Å².